The molecule has 164 valence electrons. The van der Waals surface area contributed by atoms with Crippen LogP contribution in [0.1, 0.15) is 15.2 Å². The van der Waals surface area contributed by atoms with E-state index >= 15 is 0 Å². The molecule has 0 bridgehead atoms. The molecule has 0 atom stereocenters. The number of rotatable bonds is 6. The molecule has 4 aromatic rings. The summed E-state index contributed by atoms with van der Waals surface area (Å²) in [5.41, 5.74) is 2.35. The van der Waals surface area contributed by atoms with E-state index in [-0.39, 0.29) is 10.8 Å². The molecule has 0 radical (unpaired) electrons. The SMILES string of the molecule is COc1ccc(S(=O)(=O)N(C)c2ccc3sc(C(=O)Nc4ccc(C)cc4)cc3c2)cc1. The molecule has 0 unspecified atom stereocenters. The highest BCUT2D eigenvalue weighted by atomic mass is 32.2. The van der Waals surface area contributed by atoms with E-state index in [9.17, 15) is 13.2 Å². The Balaban J connectivity index is 1.59. The molecule has 1 aromatic heterocycles. The molecule has 0 aliphatic rings. The number of nitrogens with one attached hydrogen (secondary N) is 1. The molecule has 0 saturated heterocycles. The Morgan fingerprint density at radius 1 is 0.969 bits per heavy atom. The van der Waals surface area contributed by atoms with Crippen LogP contribution in [0.3, 0.4) is 0 Å². The van der Waals surface area contributed by atoms with Gasteiger partial charge < -0.3 is 10.1 Å². The zero-order valence-electron chi connectivity index (χ0n) is 17.8. The molecule has 4 rings (SSSR count). The third-order valence-electron chi connectivity index (χ3n) is 5.11. The number of fused-ring (bicyclic) bond motifs is 1. The normalized spacial score (nSPS) is 11.3. The third kappa shape index (κ3) is 4.32. The van der Waals surface area contributed by atoms with E-state index in [4.69, 9.17) is 4.74 Å². The minimum atomic E-state index is -3.74. The lowest BCUT2D eigenvalue weighted by molar-refractivity contribution is 0.103. The fourth-order valence-corrected chi connectivity index (χ4v) is 5.34. The largest absolute Gasteiger partial charge is 0.497 e. The molecule has 3 aromatic carbocycles. The summed E-state index contributed by atoms with van der Waals surface area (Å²) in [5, 5.41) is 3.70. The van der Waals surface area contributed by atoms with Crippen LogP contribution in [0, 0.1) is 6.92 Å². The molecule has 1 N–H and O–H groups in total. The number of thiophene rings is 1. The highest BCUT2D eigenvalue weighted by Crippen LogP contribution is 2.32. The highest BCUT2D eigenvalue weighted by Gasteiger charge is 2.22. The number of sulfonamides is 1. The van der Waals surface area contributed by atoms with Crippen LogP contribution < -0.4 is 14.4 Å². The molecule has 0 fully saturated rings. The van der Waals surface area contributed by atoms with E-state index in [0.717, 1.165) is 21.3 Å². The topological polar surface area (TPSA) is 75.7 Å². The van der Waals surface area contributed by atoms with Crippen LogP contribution in [0.15, 0.2) is 77.7 Å². The second-order valence-corrected chi connectivity index (χ2v) is 10.4. The summed E-state index contributed by atoms with van der Waals surface area (Å²) >= 11 is 1.36. The van der Waals surface area contributed by atoms with Crippen LogP contribution in [0.25, 0.3) is 10.1 Å². The maximum Gasteiger partial charge on any atom is 0.265 e. The number of benzene rings is 3. The number of ether oxygens (including phenoxy) is 1. The number of amides is 1. The van der Waals surface area contributed by atoms with Gasteiger partial charge in [-0.3, -0.25) is 9.10 Å². The van der Waals surface area contributed by atoms with Crippen LogP contribution in [0.2, 0.25) is 0 Å². The zero-order chi connectivity index (χ0) is 22.9. The Bertz CT molecular complexity index is 1380. The molecule has 0 aliphatic heterocycles. The first-order chi connectivity index (χ1) is 15.3. The van der Waals surface area contributed by atoms with Crippen LogP contribution in [0.5, 0.6) is 5.75 Å². The molecule has 6 nitrogen and oxygen atoms in total. The van der Waals surface area contributed by atoms with Gasteiger partial charge in [-0.2, -0.15) is 0 Å². The minimum absolute atomic E-state index is 0.171. The number of methoxy groups -OCH3 is 1. The van der Waals surface area contributed by atoms with Gasteiger partial charge in [-0.15, -0.1) is 11.3 Å². The van der Waals surface area contributed by atoms with Crippen LogP contribution >= 0.6 is 11.3 Å². The van der Waals surface area contributed by atoms with E-state index in [2.05, 4.69) is 5.32 Å². The summed E-state index contributed by atoms with van der Waals surface area (Å²) in [6, 6.07) is 21.0. The van der Waals surface area contributed by atoms with Gasteiger partial charge in [-0.25, -0.2) is 8.42 Å². The van der Waals surface area contributed by atoms with Gasteiger partial charge in [-0.05, 0) is 73.0 Å². The monoisotopic (exact) mass is 466 g/mol. The summed E-state index contributed by atoms with van der Waals surface area (Å²) in [4.78, 5) is 13.4. The van der Waals surface area contributed by atoms with Crippen molar-refractivity contribution in [3.8, 4) is 5.75 Å². The molecule has 1 amide bonds. The van der Waals surface area contributed by atoms with Crippen LogP contribution in [-0.2, 0) is 10.0 Å². The van der Waals surface area contributed by atoms with Gasteiger partial charge in [-0.1, -0.05) is 17.7 Å². The molecule has 0 spiro atoms. The maximum atomic E-state index is 13.0. The van der Waals surface area contributed by atoms with Gasteiger partial charge in [0.05, 0.1) is 22.6 Å². The first kappa shape index (κ1) is 21.9. The van der Waals surface area contributed by atoms with E-state index in [1.165, 1.54) is 41.9 Å². The summed E-state index contributed by atoms with van der Waals surface area (Å²) in [6.45, 7) is 1.99. The van der Waals surface area contributed by atoms with Gasteiger partial charge >= 0.3 is 0 Å². The van der Waals surface area contributed by atoms with Crippen molar-refractivity contribution >= 4 is 48.7 Å². The van der Waals surface area contributed by atoms with Crippen molar-refractivity contribution in [3.05, 3.63) is 83.2 Å². The predicted octanol–water partition coefficient (Wildman–Crippen LogP) is 5.30. The molecule has 32 heavy (non-hydrogen) atoms. The van der Waals surface area contributed by atoms with Crippen molar-refractivity contribution in [2.45, 2.75) is 11.8 Å². The number of nitrogens with zero attached hydrogens (tertiary/aromatic N) is 1. The average Bonchev–Trinajstić information content (AvgIpc) is 3.23. The van der Waals surface area contributed by atoms with Gasteiger partial charge in [0.25, 0.3) is 15.9 Å². The Labute approximate surface area is 191 Å². The number of carbonyl (C=O) groups excluding carboxylic acids is 1. The molecular weight excluding hydrogens is 444 g/mol. The summed E-state index contributed by atoms with van der Waals surface area (Å²) in [7, 11) is -0.697. The lowest BCUT2D eigenvalue weighted by atomic mass is 10.2. The Hall–Kier alpha value is -3.36. The Morgan fingerprint density at radius 3 is 2.31 bits per heavy atom. The van der Waals surface area contributed by atoms with Crippen LogP contribution in [0.4, 0.5) is 11.4 Å². The Kier molecular flexibility index (Phi) is 5.90. The molecule has 1 heterocycles. The third-order valence-corrected chi connectivity index (χ3v) is 8.03. The molecule has 0 aliphatic carbocycles. The highest BCUT2D eigenvalue weighted by molar-refractivity contribution is 7.92. The van der Waals surface area contributed by atoms with Gasteiger partial charge in [0.1, 0.15) is 5.75 Å². The smallest absolute Gasteiger partial charge is 0.265 e. The zero-order valence-corrected chi connectivity index (χ0v) is 19.5. The second kappa shape index (κ2) is 8.64. The van der Waals surface area contributed by atoms with Crippen molar-refractivity contribution in [2.24, 2.45) is 0 Å². The van der Waals surface area contributed by atoms with Crippen molar-refractivity contribution < 1.29 is 17.9 Å². The van der Waals surface area contributed by atoms with Gasteiger partial charge in [0.15, 0.2) is 0 Å². The van der Waals surface area contributed by atoms with E-state index in [1.54, 1.807) is 30.3 Å². The summed E-state index contributed by atoms with van der Waals surface area (Å²) in [6.07, 6.45) is 0. The van der Waals surface area contributed by atoms with Gasteiger partial charge in [0.2, 0.25) is 0 Å². The molecule has 0 saturated carbocycles. The summed E-state index contributed by atoms with van der Waals surface area (Å²) in [5.74, 6) is 0.388. The fraction of sp³-hybridized carbons (Fsp3) is 0.125. The first-order valence-electron chi connectivity index (χ1n) is 9.82. The quantitative estimate of drug-likeness (QED) is 0.419. The average molecular weight is 467 g/mol. The molecular formula is C24H22N2O4S2. The minimum Gasteiger partial charge on any atom is -0.497 e. The van der Waals surface area contributed by atoms with Crippen LogP contribution in [-0.4, -0.2) is 28.5 Å². The van der Waals surface area contributed by atoms with Gasteiger partial charge in [0, 0.05) is 17.4 Å². The van der Waals surface area contributed by atoms with Crippen molar-refractivity contribution in [3.63, 3.8) is 0 Å². The first-order valence-corrected chi connectivity index (χ1v) is 12.1. The number of carbonyl (C=O) groups is 1. The lowest BCUT2D eigenvalue weighted by Gasteiger charge is -2.19. The maximum absolute atomic E-state index is 13.0. The Morgan fingerprint density at radius 2 is 1.66 bits per heavy atom. The number of anilines is 2. The number of hydrogen-bond donors (Lipinski definition) is 1. The van der Waals surface area contributed by atoms with E-state index in [1.807, 2.05) is 37.3 Å². The van der Waals surface area contributed by atoms with Crippen molar-refractivity contribution in [1.29, 1.82) is 0 Å². The fourth-order valence-electron chi connectivity index (χ4n) is 3.21. The predicted molar refractivity (Wildman–Crippen MR) is 130 cm³/mol. The van der Waals surface area contributed by atoms with Crippen molar-refractivity contribution in [2.75, 3.05) is 23.8 Å². The van der Waals surface area contributed by atoms with E-state index in [0.29, 0.717) is 16.3 Å². The number of aryl methyl sites for hydroxylation is 1. The van der Waals surface area contributed by atoms with E-state index < -0.39 is 10.0 Å². The molecule has 8 heteroatoms. The number of hydrogen-bond acceptors (Lipinski definition) is 5. The van der Waals surface area contributed by atoms with Crippen molar-refractivity contribution in [1.82, 2.24) is 0 Å². The summed E-state index contributed by atoms with van der Waals surface area (Å²) < 4.78 is 33.3. The standard InChI is InChI=1S/C24H22N2O4S2/c1-16-4-6-18(7-5-16)25-24(27)23-15-17-14-19(8-13-22(17)31-23)26(2)32(28,29)21-11-9-20(30-3)10-12-21/h4-15H,1-3H3,(H,25,27). The lowest BCUT2D eigenvalue weighted by Crippen LogP contribution is -2.26. The second-order valence-electron chi connectivity index (χ2n) is 7.30.